The number of hydrogen-bond donors (Lipinski definition) is 1. The highest BCUT2D eigenvalue weighted by Crippen LogP contribution is 2.50. The van der Waals surface area contributed by atoms with Crippen LogP contribution in [0.5, 0.6) is 0 Å². The van der Waals surface area contributed by atoms with Crippen LogP contribution in [0.25, 0.3) is 53.2 Å². The Morgan fingerprint density at radius 1 is 0.649 bits per heavy atom. The molecule has 57 heavy (non-hydrogen) atoms. The van der Waals surface area contributed by atoms with Crippen molar-refractivity contribution < 1.29 is 4.42 Å². The first kappa shape index (κ1) is 32.5. The van der Waals surface area contributed by atoms with Crippen LogP contribution in [0.2, 0.25) is 0 Å². The van der Waals surface area contributed by atoms with Gasteiger partial charge in [-0.25, -0.2) is 9.98 Å². The molecule has 2 aromatic heterocycles. The minimum atomic E-state index is -0.264. The maximum absolute atomic E-state index is 6.61. The molecule has 2 aliphatic heterocycles. The van der Waals surface area contributed by atoms with Crippen molar-refractivity contribution in [2.75, 3.05) is 4.90 Å². The van der Waals surface area contributed by atoms with Crippen molar-refractivity contribution in [1.29, 1.82) is 0 Å². The summed E-state index contributed by atoms with van der Waals surface area (Å²) in [6.07, 6.45) is 6.88. The predicted molar refractivity (Wildman–Crippen MR) is 237 cm³/mol. The van der Waals surface area contributed by atoms with E-state index in [4.69, 9.17) is 14.4 Å². The predicted octanol–water partition coefficient (Wildman–Crippen LogP) is 13.1. The van der Waals surface area contributed by atoms with Gasteiger partial charge in [-0.1, -0.05) is 121 Å². The number of amidine groups is 2. The lowest BCUT2D eigenvalue weighted by Crippen LogP contribution is -2.33. The summed E-state index contributed by atoms with van der Waals surface area (Å²) in [5.74, 6) is 2.02. The molecule has 4 heterocycles. The first-order valence-corrected chi connectivity index (χ1v) is 20.6. The lowest BCUT2D eigenvalue weighted by molar-refractivity contribution is 0.573. The molecule has 1 N–H and O–H groups in total. The van der Waals surface area contributed by atoms with Crippen molar-refractivity contribution in [3.05, 3.63) is 192 Å². The van der Waals surface area contributed by atoms with E-state index in [1.165, 1.54) is 49.1 Å². The highest BCUT2D eigenvalue weighted by molar-refractivity contribution is 7.25. The molecule has 12 rings (SSSR count). The van der Waals surface area contributed by atoms with Gasteiger partial charge in [-0.15, -0.1) is 11.3 Å². The maximum atomic E-state index is 6.61. The Morgan fingerprint density at radius 2 is 1.47 bits per heavy atom. The Kier molecular flexibility index (Phi) is 7.35. The molecule has 5 nitrogen and oxygen atoms in total. The standard InChI is InChI=1S/C51H36N4OS/c1-3-12-31(13-4-1)49-52-50(32-14-5-2-6-15-32)54-51(53-49)34-22-25-40-45(29-34)56-44-21-11-18-36(48(40)44)33-23-27-46-41(28-33)39-26-24-35(30-47(39)57-46)55-42-19-9-7-16-37(42)38-17-8-10-20-43(38)55/h1-7,9-16,18-30,38,43,49H,8,17H2,(H,52,53,54). The topological polar surface area (TPSA) is 53.1 Å². The molecular weight excluding hydrogens is 717 g/mol. The van der Waals surface area contributed by atoms with Crippen LogP contribution in [0.4, 0.5) is 11.4 Å². The van der Waals surface area contributed by atoms with E-state index in [1.54, 1.807) is 0 Å². The van der Waals surface area contributed by atoms with Gasteiger partial charge in [-0.3, -0.25) is 0 Å². The van der Waals surface area contributed by atoms with Crippen molar-refractivity contribution in [2.45, 2.75) is 31.0 Å². The summed E-state index contributed by atoms with van der Waals surface area (Å²) in [7, 11) is 0. The molecule has 0 radical (unpaired) electrons. The van der Waals surface area contributed by atoms with E-state index >= 15 is 0 Å². The van der Waals surface area contributed by atoms with E-state index in [0.29, 0.717) is 17.8 Å². The third kappa shape index (κ3) is 5.28. The van der Waals surface area contributed by atoms with E-state index in [0.717, 1.165) is 56.4 Å². The zero-order chi connectivity index (χ0) is 37.5. The summed E-state index contributed by atoms with van der Waals surface area (Å²) in [4.78, 5) is 12.7. The molecule has 3 unspecified atom stereocenters. The van der Waals surface area contributed by atoms with Gasteiger partial charge in [0.15, 0.2) is 5.84 Å². The number of rotatable bonds is 5. The number of benzene rings is 7. The van der Waals surface area contributed by atoms with Crippen molar-refractivity contribution >= 4 is 76.5 Å². The van der Waals surface area contributed by atoms with E-state index in [-0.39, 0.29) is 6.17 Å². The van der Waals surface area contributed by atoms with Crippen LogP contribution in [0.1, 0.15) is 47.2 Å². The molecule has 0 fully saturated rings. The van der Waals surface area contributed by atoms with Gasteiger partial charge < -0.3 is 14.6 Å². The molecule has 6 heteroatoms. The second kappa shape index (κ2) is 12.9. The lowest BCUT2D eigenvalue weighted by Gasteiger charge is -2.30. The number of nitrogens with one attached hydrogen (secondary N) is 1. The molecular formula is C51H36N4OS. The number of hydrogen-bond acceptors (Lipinski definition) is 6. The number of aliphatic imine (C=N–C) groups is 2. The quantitative estimate of drug-likeness (QED) is 0.178. The second-order valence-electron chi connectivity index (χ2n) is 15.3. The number of anilines is 2. The van der Waals surface area contributed by atoms with Crippen LogP contribution in [-0.2, 0) is 0 Å². The lowest BCUT2D eigenvalue weighted by atomic mass is 9.86. The van der Waals surface area contributed by atoms with Crippen molar-refractivity contribution in [2.24, 2.45) is 9.98 Å². The van der Waals surface area contributed by atoms with Crippen LogP contribution in [0.15, 0.2) is 184 Å². The van der Waals surface area contributed by atoms with E-state index in [9.17, 15) is 0 Å². The third-order valence-corrected chi connectivity index (χ3v) is 13.1. The first-order chi connectivity index (χ1) is 28.2. The molecule has 0 saturated heterocycles. The van der Waals surface area contributed by atoms with E-state index < -0.39 is 0 Å². The number of fused-ring (bicyclic) bond motifs is 9. The van der Waals surface area contributed by atoms with Crippen molar-refractivity contribution in [3.8, 4) is 11.1 Å². The number of furan rings is 1. The van der Waals surface area contributed by atoms with Gasteiger partial charge in [-0.2, -0.15) is 0 Å². The minimum absolute atomic E-state index is 0.264. The van der Waals surface area contributed by atoms with Crippen LogP contribution in [-0.4, -0.2) is 17.7 Å². The van der Waals surface area contributed by atoms with Gasteiger partial charge in [0.05, 0.1) is 6.04 Å². The van der Waals surface area contributed by atoms with Gasteiger partial charge in [-0.05, 0) is 83.6 Å². The van der Waals surface area contributed by atoms with Gasteiger partial charge in [0, 0.05) is 59.4 Å². The van der Waals surface area contributed by atoms with Crippen molar-refractivity contribution in [1.82, 2.24) is 5.32 Å². The average Bonchev–Trinajstić information content (AvgIpc) is 3.95. The van der Waals surface area contributed by atoms with E-state index in [1.807, 2.05) is 47.7 Å². The molecule has 0 saturated carbocycles. The summed E-state index contributed by atoms with van der Waals surface area (Å²) < 4.78 is 9.22. The molecule has 0 bridgehead atoms. The van der Waals surface area contributed by atoms with Gasteiger partial charge in [0.2, 0.25) is 0 Å². The van der Waals surface area contributed by atoms with Crippen LogP contribution in [0, 0.1) is 0 Å². The molecule has 9 aromatic rings. The van der Waals surface area contributed by atoms with Crippen LogP contribution in [0.3, 0.4) is 0 Å². The van der Waals surface area contributed by atoms with E-state index in [2.05, 4.69) is 144 Å². The van der Waals surface area contributed by atoms with Crippen LogP contribution < -0.4 is 10.2 Å². The van der Waals surface area contributed by atoms with Gasteiger partial charge in [0.1, 0.15) is 23.2 Å². The second-order valence-corrected chi connectivity index (χ2v) is 16.3. The SMILES string of the molecule is C1=CC2C(CC1)c1ccccc1N2c1ccc2c(c1)sc1ccc(-c3cccc4oc5cc(C6=NC(c7ccccc7)NC(c7ccccc7)=N6)ccc5c34)cc12. The molecule has 3 atom stereocenters. The zero-order valence-electron chi connectivity index (χ0n) is 31.0. The number of allylic oxidation sites excluding steroid dienone is 1. The average molecular weight is 753 g/mol. The zero-order valence-corrected chi connectivity index (χ0v) is 31.8. The fraction of sp³-hybridized carbons (Fsp3) is 0.0980. The minimum Gasteiger partial charge on any atom is -0.456 e. The number of para-hydroxylation sites is 1. The highest BCUT2D eigenvalue weighted by Gasteiger charge is 2.38. The Bertz CT molecular complexity index is 3140. The highest BCUT2D eigenvalue weighted by atomic mass is 32.1. The number of thiophene rings is 1. The Hall–Kier alpha value is -6.76. The Labute approximate surface area is 333 Å². The molecule has 0 spiro atoms. The van der Waals surface area contributed by atoms with Gasteiger partial charge in [0.25, 0.3) is 0 Å². The Morgan fingerprint density at radius 3 is 2.39 bits per heavy atom. The van der Waals surface area contributed by atoms with Gasteiger partial charge >= 0.3 is 0 Å². The summed E-state index contributed by atoms with van der Waals surface area (Å²) in [6, 6.07) is 56.7. The summed E-state index contributed by atoms with van der Waals surface area (Å²) in [6.45, 7) is 0. The summed E-state index contributed by atoms with van der Waals surface area (Å²) in [5.41, 5.74) is 11.1. The largest absolute Gasteiger partial charge is 0.456 e. The van der Waals surface area contributed by atoms with Crippen LogP contribution >= 0.6 is 11.3 Å². The normalized spacial score (nSPS) is 18.8. The monoisotopic (exact) mass is 752 g/mol. The third-order valence-electron chi connectivity index (χ3n) is 12.0. The maximum Gasteiger partial charge on any atom is 0.159 e. The smallest absolute Gasteiger partial charge is 0.159 e. The first-order valence-electron chi connectivity index (χ1n) is 19.7. The fourth-order valence-electron chi connectivity index (χ4n) is 9.33. The molecule has 1 aliphatic carbocycles. The fourth-order valence-corrected chi connectivity index (χ4v) is 10.4. The Balaban J connectivity index is 0.929. The van der Waals surface area contributed by atoms with Crippen molar-refractivity contribution in [3.63, 3.8) is 0 Å². The molecule has 272 valence electrons. The summed E-state index contributed by atoms with van der Waals surface area (Å²) in [5, 5.41) is 8.33. The molecule has 0 amide bonds. The molecule has 3 aliphatic rings. The summed E-state index contributed by atoms with van der Waals surface area (Å²) >= 11 is 1.88. The number of nitrogens with zero attached hydrogens (tertiary/aromatic N) is 3. The molecule has 7 aromatic carbocycles.